The summed E-state index contributed by atoms with van der Waals surface area (Å²) in [4.78, 5) is 0.479. The molecule has 2 atom stereocenters. The SMILES string of the molecule is O=S([O-])c1ccc(P(c2ccccc2)c2ccc(S(=O)[O-])cc2)cc1.[H-].[H-].[K+].[K+]. The van der Waals surface area contributed by atoms with Crippen LogP contribution in [-0.2, 0) is 22.2 Å². The predicted molar refractivity (Wildman–Crippen MR) is 102 cm³/mol. The molecular weight excluding hydrogens is 453 g/mol. The second-order valence-electron chi connectivity index (χ2n) is 5.13. The Balaban J connectivity index is 0. The van der Waals surface area contributed by atoms with E-state index in [1.807, 2.05) is 54.6 Å². The molecule has 3 rings (SSSR count). The van der Waals surface area contributed by atoms with Crippen LogP contribution in [0.5, 0.6) is 0 Å². The van der Waals surface area contributed by atoms with Crippen molar-refractivity contribution in [2.75, 3.05) is 0 Å². The summed E-state index contributed by atoms with van der Waals surface area (Å²) in [6.45, 7) is 0. The third kappa shape index (κ3) is 7.34. The van der Waals surface area contributed by atoms with Crippen molar-refractivity contribution in [1.82, 2.24) is 0 Å². The van der Waals surface area contributed by atoms with Gasteiger partial charge in [0, 0.05) is 9.79 Å². The minimum absolute atomic E-state index is 0. The summed E-state index contributed by atoms with van der Waals surface area (Å²) in [5.41, 5.74) is 0. The molecule has 0 heterocycles. The molecule has 9 heteroatoms. The molecule has 0 aliphatic carbocycles. The van der Waals surface area contributed by atoms with Crippen molar-refractivity contribution in [3.05, 3.63) is 78.9 Å². The van der Waals surface area contributed by atoms with Crippen LogP contribution in [-0.4, -0.2) is 17.5 Å². The fourth-order valence-electron chi connectivity index (χ4n) is 2.44. The number of rotatable bonds is 5. The quantitative estimate of drug-likeness (QED) is 0.218. The molecule has 0 N–H and O–H groups in total. The summed E-state index contributed by atoms with van der Waals surface area (Å²) >= 11 is -4.52. The van der Waals surface area contributed by atoms with Gasteiger partial charge < -0.3 is 12.0 Å². The molecule has 0 aliphatic rings. The summed E-state index contributed by atoms with van der Waals surface area (Å²) < 4.78 is 44.3. The standard InChI is InChI=1S/C18H15O4PS2.2K.2H/c19-24(20)17-10-6-15(7-11-17)23(14-4-2-1-3-5-14)16-8-12-18(13-9-16)25(21)22;;;;/h1-13H,(H,19,20)(H,21,22);;;;/q;2*+1;2*-1/p-2. The van der Waals surface area contributed by atoms with Crippen molar-refractivity contribution in [2.45, 2.75) is 9.79 Å². The van der Waals surface area contributed by atoms with Crippen LogP contribution >= 0.6 is 7.92 Å². The Morgan fingerprint density at radius 1 is 0.593 bits per heavy atom. The number of hydrogen-bond acceptors (Lipinski definition) is 4. The van der Waals surface area contributed by atoms with Gasteiger partial charge in [-0.25, -0.2) is 0 Å². The molecule has 0 spiro atoms. The minimum atomic E-state index is -2.26. The number of hydrogen-bond donors (Lipinski definition) is 0. The van der Waals surface area contributed by atoms with Crippen LogP contribution in [0.4, 0.5) is 0 Å². The Morgan fingerprint density at radius 3 is 1.26 bits per heavy atom. The third-order valence-corrected chi connectivity index (χ3v) is 7.35. The van der Waals surface area contributed by atoms with Crippen molar-refractivity contribution >= 4 is 46.0 Å². The van der Waals surface area contributed by atoms with Crippen molar-refractivity contribution < 1.29 is 123 Å². The first kappa shape index (κ1) is 26.6. The zero-order valence-electron chi connectivity index (χ0n) is 16.9. The van der Waals surface area contributed by atoms with Crippen LogP contribution in [0, 0.1) is 0 Å². The molecule has 0 saturated carbocycles. The van der Waals surface area contributed by atoms with Crippen LogP contribution in [0.2, 0.25) is 0 Å². The van der Waals surface area contributed by atoms with Gasteiger partial charge in [0.2, 0.25) is 0 Å². The van der Waals surface area contributed by atoms with E-state index in [0.717, 1.165) is 15.9 Å². The van der Waals surface area contributed by atoms with Crippen LogP contribution in [0.15, 0.2) is 88.7 Å². The van der Waals surface area contributed by atoms with Crippen molar-refractivity contribution in [1.29, 1.82) is 0 Å². The summed E-state index contributed by atoms with van der Waals surface area (Å²) in [5, 5.41) is 3.09. The van der Waals surface area contributed by atoms with Crippen molar-refractivity contribution in [2.24, 2.45) is 0 Å². The molecule has 4 nitrogen and oxygen atoms in total. The summed E-state index contributed by atoms with van der Waals surface area (Å²) in [6.07, 6.45) is 0. The molecule has 2 unspecified atom stereocenters. The molecule has 0 aromatic heterocycles. The molecule has 0 saturated heterocycles. The van der Waals surface area contributed by atoms with E-state index in [4.69, 9.17) is 0 Å². The Bertz CT molecular complexity index is 860. The van der Waals surface area contributed by atoms with Gasteiger partial charge in [-0.05, 0) is 70.3 Å². The maximum absolute atomic E-state index is 11.1. The van der Waals surface area contributed by atoms with Gasteiger partial charge in [0.1, 0.15) is 0 Å². The summed E-state index contributed by atoms with van der Waals surface area (Å²) in [7, 11) is -0.911. The Kier molecular flexibility index (Phi) is 12.9. The van der Waals surface area contributed by atoms with Crippen LogP contribution in [0.3, 0.4) is 0 Å². The zero-order chi connectivity index (χ0) is 17.8. The van der Waals surface area contributed by atoms with Gasteiger partial charge in [0.25, 0.3) is 0 Å². The fraction of sp³-hybridized carbons (Fsp3) is 0. The van der Waals surface area contributed by atoms with E-state index in [0.29, 0.717) is 0 Å². The maximum atomic E-state index is 11.1. The van der Waals surface area contributed by atoms with Gasteiger partial charge >= 0.3 is 103 Å². The Labute approximate surface area is 253 Å². The smallest absolute Gasteiger partial charge is 1.00 e. The van der Waals surface area contributed by atoms with Crippen LogP contribution < -0.4 is 119 Å². The minimum Gasteiger partial charge on any atom is -1.00 e. The third-order valence-electron chi connectivity index (χ3n) is 3.59. The van der Waals surface area contributed by atoms with Crippen LogP contribution in [0.25, 0.3) is 0 Å². The van der Waals surface area contributed by atoms with Gasteiger partial charge in [0.15, 0.2) is 0 Å². The molecule has 132 valence electrons. The molecule has 0 bridgehead atoms. The predicted octanol–water partition coefficient (Wildman–Crippen LogP) is -3.85. The summed E-state index contributed by atoms with van der Waals surface area (Å²) in [6, 6.07) is 23.4. The van der Waals surface area contributed by atoms with E-state index in [1.165, 1.54) is 0 Å². The first-order valence-electron chi connectivity index (χ1n) is 7.30. The Morgan fingerprint density at radius 2 is 0.926 bits per heavy atom. The van der Waals surface area contributed by atoms with Gasteiger partial charge in [0.05, 0.1) is 0 Å². The van der Waals surface area contributed by atoms with E-state index in [9.17, 15) is 17.5 Å². The average molecular weight is 469 g/mol. The fourth-order valence-corrected chi connectivity index (χ4v) is 5.41. The number of benzene rings is 3. The monoisotopic (exact) mass is 468 g/mol. The molecule has 0 radical (unpaired) electrons. The van der Waals surface area contributed by atoms with Gasteiger partial charge in [-0.1, -0.05) is 54.6 Å². The molecular formula is C18H15K2O4PS2-2. The van der Waals surface area contributed by atoms with Crippen molar-refractivity contribution in [3.63, 3.8) is 0 Å². The normalized spacial score (nSPS) is 13.6. The largest absolute Gasteiger partial charge is 1.00 e. The molecule has 3 aromatic rings. The first-order valence-corrected chi connectivity index (χ1v) is 10.8. The maximum Gasteiger partial charge on any atom is 1.00 e. The molecule has 0 fully saturated rings. The van der Waals surface area contributed by atoms with E-state index in [1.54, 1.807) is 24.3 Å². The average Bonchev–Trinajstić information content (AvgIpc) is 2.64. The van der Waals surface area contributed by atoms with E-state index >= 15 is 0 Å². The molecule has 3 aromatic carbocycles. The van der Waals surface area contributed by atoms with Gasteiger partial charge in [-0.3, -0.25) is 8.42 Å². The van der Waals surface area contributed by atoms with E-state index in [2.05, 4.69) is 0 Å². The second kappa shape index (κ2) is 13.1. The zero-order valence-corrected chi connectivity index (χ0v) is 23.7. The van der Waals surface area contributed by atoms with Gasteiger partial charge in [-0.2, -0.15) is 0 Å². The van der Waals surface area contributed by atoms with E-state index in [-0.39, 0.29) is 115 Å². The molecule has 0 amide bonds. The second-order valence-corrected chi connectivity index (χ2v) is 9.23. The van der Waals surface area contributed by atoms with E-state index < -0.39 is 30.1 Å². The summed E-state index contributed by atoms with van der Waals surface area (Å²) in [5.74, 6) is 0. The topological polar surface area (TPSA) is 80.3 Å². The van der Waals surface area contributed by atoms with Crippen molar-refractivity contribution in [3.8, 4) is 0 Å². The molecule has 0 aliphatic heterocycles. The first-order chi connectivity index (χ1) is 12.1. The van der Waals surface area contributed by atoms with Crippen LogP contribution in [0.1, 0.15) is 2.85 Å². The molecule has 27 heavy (non-hydrogen) atoms. The van der Waals surface area contributed by atoms with Gasteiger partial charge in [-0.15, -0.1) is 0 Å². The Hall–Kier alpha value is 1.58.